The average molecular weight is 457 g/mol. The van der Waals surface area contributed by atoms with Crippen molar-refractivity contribution in [3.05, 3.63) is 76.2 Å². The lowest BCUT2D eigenvalue weighted by Gasteiger charge is -2.11. The first-order valence-electron chi connectivity index (χ1n) is 9.88. The highest BCUT2D eigenvalue weighted by Gasteiger charge is 2.30. The topological polar surface area (TPSA) is 124 Å². The van der Waals surface area contributed by atoms with Crippen molar-refractivity contribution in [3.8, 4) is 11.3 Å². The number of fused-ring (bicyclic) bond motifs is 1. The van der Waals surface area contributed by atoms with Crippen LogP contribution in [0.3, 0.4) is 0 Å². The molecule has 12 heteroatoms. The number of nitrogens with one attached hydrogen (secondary N) is 1. The molecule has 9 nitrogen and oxygen atoms in total. The second-order valence-corrected chi connectivity index (χ2v) is 7.19. The second kappa shape index (κ2) is 8.73. The molecule has 0 saturated heterocycles. The summed E-state index contributed by atoms with van der Waals surface area (Å²) < 4.78 is 40.3. The van der Waals surface area contributed by atoms with Gasteiger partial charge in [0.15, 0.2) is 0 Å². The Morgan fingerprint density at radius 3 is 2.55 bits per heavy atom. The Labute approximate surface area is 185 Å². The van der Waals surface area contributed by atoms with Gasteiger partial charge in [0.2, 0.25) is 11.8 Å². The molecule has 33 heavy (non-hydrogen) atoms. The maximum atomic E-state index is 12.8. The van der Waals surface area contributed by atoms with Crippen LogP contribution in [0, 0.1) is 10.1 Å². The van der Waals surface area contributed by atoms with Crippen LogP contribution in [-0.2, 0) is 12.6 Å². The minimum atomic E-state index is -4.41. The summed E-state index contributed by atoms with van der Waals surface area (Å²) in [7, 11) is 0. The number of pyridine rings is 1. The molecule has 0 atom stereocenters. The number of nitro groups is 1. The summed E-state index contributed by atoms with van der Waals surface area (Å²) in [4.78, 5) is 23.1. The first-order chi connectivity index (χ1) is 15.7. The number of aromatic nitrogens is 4. The van der Waals surface area contributed by atoms with Gasteiger partial charge in [0.25, 0.3) is 0 Å². The third kappa shape index (κ3) is 4.84. The highest BCUT2D eigenvalue weighted by molar-refractivity contribution is 5.66. The molecule has 0 bridgehead atoms. The van der Waals surface area contributed by atoms with E-state index in [1.807, 2.05) is 0 Å². The van der Waals surface area contributed by atoms with Gasteiger partial charge < -0.3 is 11.1 Å². The number of halogens is 3. The summed E-state index contributed by atoms with van der Waals surface area (Å²) in [5, 5.41) is 14.0. The molecule has 0 saturated carbocycles. The normalized spacial score (nSPS) is 11.6. The van der Waals surface area contributed by atoms with Gasteiger partial charge in [-0.15, -0.1) is 0 Å². The van der Waals surface area contributed by atoms with E-state index in [0.29, 0.717) is 47.9 Å². The Bertz CT molecular complexity index is 1300. The van der Waals surface area contributed by atoms with Gasteiger partial charge in [-0.2, -0.15) is 13.2 Å². The van der Waals surface area contributed by atoms with Gasteiger partial charge in [-0.25, -0.2) is 15.0 Å². The molecule has 3 heterocycles. The van der Waals surface area contributed by atoms with Gasteiger partial charge in [-0.3, -0.25) is 14.5 Å². The largest absolute Gasteiger partial charge is 0.416 e. The third-order valence-corrected chi connectivity index (χ3v) is 4.95. The van der Waals surface area contributed by atoms with E-state index in [-0.39, 0.29) is 11.5 Å². The van der Waals surface area contributed by atoms with Gasteiger partial charge in [-0.1, -0.05) is 12.1 Å². The fraction of sp³-hybridized carbons (Fsp3) is 0.190. The lowest BCUT2D eigenvalue weighted by atomic mass is 10.1. The third-order valence-electron chi connectivity index (χ3n) is 4.95. The summed E-state index contributed by atoms with van der Waals surface area (Å²) >= 11 is 0. The maximum absolute atomic E-state index is 12.8. The summed E-state index contributed by atoms with van der Waals surface area (Å²) in [5.41, 5.74) is 6.88. The highest BCUT2D eigenvalue weighted by Crippen LogP contribution is 2.31. The molecule has 170 valence electrons. The number of nitrogens with zero attached hydrogens (tertiary/aromatic N) is 5. The van der Waals surface area contributed by atoms with Crippen LogP contribution in [-0.4, -0.2) is 30.8 Å². The van der Waals surface area contributed by atoms with Crippen LogP contribution in [0.15, 0.2) is 54.9 Å². The van der Waals surface area contributed by atoms with Gasteiger partial charge in [0.05, 0.1) is 16.2 Å². The van der Waals surface area contributed by atoms with Crippen LogP contribution in [0.2, 0.25) is 0 Å². The lowest BCUT2D eigenvalue weighted by molar-refractivity contribution is -0.384. The van der Waals surface area contributed by atoms with Crippen LogP contribution in [0.25, 0.3) is 16.9 Å². The first kappa shape index (κ1) is 22.0. The predicted octanol–water partition coefficient (Wildman–Crippen LogP) is 4.35. The number of aryl methyl sites for hydroxylation is 1. The standard InChI is InChI=1S/C21H18F3N7O2/c22-21(23,24)14-5-3-13(4-6-14)16-12-18-26-10-11-30(18)20(29-16)27-9-1-2-15-7-8-17(31(32)33)19(25)28-15/h3-8,10-12H,1-2,9H2,(H2,25,28)(H,27,29). The Kier molecular flexibility index (Phi) is 5.82. The van der Waals surface area contributed by atoms with E-state index in [0.717, 1.165) is 12.1 Å². The van der Waals surface area contributed by atoms with E-state index in [4.69, 9.17) is 5.73 Å². The number of imidazole rings is 1. The molecule has 1 aromatic carbocycles. The Morgan fingerprint density at radius 2 is 1.88 bits per heavy atom. The molecular weight excluding hydrogens is 439 g/mol. The summed E-state index contributed by atoms with van der Waals surface area (Å²) in [6, 6.07) is 9.36. The number of hydrogen-bond donors (Lipinski definition) is 2. The number of benzene rings is 1. The molecule has 3 aromatic heterocycles. The number of nitrogen functional groups attached to an aromatic ring is 1. The van der Waals surface area contributed by atoms with E-state index in [1.54, 1.807) is 28.9 Å². The van der Waals surface area contributed by atoms with Gasteiger partial charge in [-0.05, 0) is 31.0 Å². The monoisotopic (exact) mass is 457 g/mol. The zero-order chi connectivity index (χ0) is 23.6. The second-order valence-electron chi connectivity index (χ2n) is 7.19. The molecule has 0 amide bonds. The van der Waals surface area contributed by atoms with Gasteiger partial charge in [0.1, 0.15) is 5.65 Å². The minimum absolute atomic E-state index is 0.128. The van der Waals surface area contributed by atoms with E-state index in [1.165, 1.54) is 18.2 Å². The van der Waals surface area contributed by atoms with Crippen molar-refractivity contribution in [3.63, 3.8) is 0 Å². The molecule has 0 aliphatic carbocycles. The molecule has 0 unspecified atom stereocenters. The maximum Gasteiger partial charge on any atom is 0.416 e. The molecule has 4 rings (SSSR count). The molecule has 4 aromatic rings. The molecule has 3 N–H and O–H groups in total. The van der Waals surface area contributed by atoms with Crippen LogP contribution in [0.1, 0.15) is 17.7 Å². The van der Waals surface area contributed by atoms with Crippen molar-refractivity contribution in [2.24, 2.45) is 0 Å². The van der Waals surface area contributed by atoms with E-state index in [9.17, 15) is 23.3 Å². The molecular formula is C21H18F3N7O2. The smallest absolute Gasteiger partial charge is 0.378 e. The van der Waals surface area contributed by atoms with E-state index >= 15 is 0 Å². The molecule has 0 spiro atoms. The summed E-state index contributed by atoms with van der Waals surface area (Å²) in [5.74, 6) is 0.354. The Balaban J connectivity index is 1.47. The summed E-state index contributed by atoms with van der Waals surface area (Å²) in [6.45, 7) is 0.495. The molecule has 0 radical (unpaired) electrons. The van der Waals surface area contributed by atoms with E-state index in [2.05, 4.69) is 20.3 Å². The van der Waals surface area contributed by atoms with Crippen molar-refractivity contribution in [2.45, 2.75) is 19.0 Å². The predicted molar refractivity (Wildman–Crippen MR) is 116 cm³/mol. The molecule has 0 fully saturated rings. The van der Waals surface area contributed by atoms with E-state index < -0.39 is 16.7 Å². The fourth-order valence-electron chi connectivity index (χ4n) is 3.30. The quantitative estimate of drug-likeness (QED) is 0.240. The number of rotatable bonds is 7. The lowest BCUT2D eigenvalue weighted by Crippen LogP contribution is -2.10. The number of hydrogen-bond acceptors (Lipinski definition) is 7. The van der Waals surface area contributed by atoms with Crippen LogP contribution in [0.4, 0.5) is 30.6 Å². The van der Waals surface area contributed by atoms with Crippen molar-refractivity contribution >= 4 is 23.1 Å². The minimum Gasteiger partial charge on any atom is -0.378 e. The van der Waals surface area contributed by atoms with Crippen molar-refractivity contribution in [1.29, 1.82) is 0 Å². The number of alkyl halides is 3. The molecule has 0 aliphatic heterocycles. The zero-order valence-electron chi connectivity index (χ0n) is 17.1. The Hall–Kier alpha value is -4.22. The highest BCUT2D eigenvalue weighted by atomic mass is 19.4. The van der Waals surface area contributed by atoms with Crippen molar-refractivity contribution < 1.29 is 18.1 Å². The van der Waals surface area contributed by atoms with Gasteiger partial charge >= 0.3 is 11.9 Å². The Morgan fingerprint density at radius 1 is 1.12 bits per heavy atom. The van der Waals surface area contributed by atoms with Crippen LogP contribution >= 0.6 is 0 Å². The van der Waals surface area contributed by atoms with Crippen LogP contribution < -0.4 is 11.1 Å². The summed E-state index contributed by atoms with van der Waals surface area (Å²) in [6.07, 6.45) is 0.0739. The van der Waals surface area contributed by atoms with Crippen molar-refractivity contribution in [1.82, 2.24) is 19.4 Å². The van der Waals surface area contributed by atoms with Crippen LogP contribution in [0.5, 0.6) is 0 Å². The van der Waals surface area contributed by atoms with Crippen molar-refractivity contribution in [2.75, 3.05) is 17.6 Å². The number of nitrogens with two attached hydrogens (primary N) is 1. The number of anilines is 2. The molecule has 0 aliphatic rings. The zero-order valence-corrected chi connectivity index (χ0v) is 17.1. The van der Waals surface area contributed by atoms with Gasteiger partial charge in [0, 0.05) is 42.3 Å². The first-order valence-corrected chi connectivity index (χ1v) is 9.88. The fourth-order valence-corrected chi connectivity index (χ4v) is 3.30. The SMILES string of the molecule is Nc1nc(CCCNc2nc(-c3ccc(C(F)(F)F)cc3)cc3nccn23)ccc1[N+](=O)[O-]. The average Bonchev–Trinajstić information content (AvgIpc) is 3.25.